The van der Waals surface area contributed by atoms with Crippen LogP contribution in [0.5, 0.6) is 0 Å². The van der Waals surface area contributed by atoms with Gasteiger partial charge in [0.15, 0.2) is 0 Å². The minimum absolute atomic E-state index is 0.379. The maximum absolute atomic E-state index is 9.02. The number of nitriles is 1. The molecule has 0 aliphatic carbocycles. The van der Waals surface area contributed by atoms with Gasteiger partial charge in [-0.2, -0.15) is 5.26 Å². The largest absolute Gasteiger partial charge is 0.313 e. The second kappa shape index (κ2) is 5.41. The van der Waals surface area contributed by atoms with Gasteiger partial charge in [-0.05, 0) is 38.1 Å². The van der Waals surface area contributed by atoms with E-state index >= 15 is 0 Å². The molecule has 1 aliphatic rings. The minimum atomic E-state index is 0.379. The molecule has 0 spiro atoms. The predicted molar refractivity (Wildman–Crippen MR) is 74.5 cm³/mol. The van der Waals surface area contributed by atoms with E-state index in [2.05, 4.69) is 11.0 Å². The zero-order valence-corrected chi connectivity index (χ0v) is 11.0. The fourth-order valence-electron chi connectivity index (χ4n) is 2.81. The molecular weight excluding hydrogens is 236 g/mol. The Kier molecular flexibility index (Phi) is 3.47. The van der Waals surface area contributed by atoms with Crippen molar-refractivity contribution in [3.8, 4) is 6.07 Å². The number of piperidine rings is 1. The lowest BCUT2D eigenvalue weighted by Gasteiger charge is -2.26. The Morgan fingerprint density at radius 1 is 1.16 bits per heavy atom. The first-order chi connectivity index (χ1) is 9.38. The molecule has 0 radical (unpaired) electrons. The van der Waals surface area contributed by atoms with Gasteiger partial charge in [-0.3, -0.25) is 4.90 Å². The Hall–Kier alpha value is -1.86. The maximum atomic E-state index is 9.02. The van der Waals surface area contributed by atoms with Crippen LogP contribution in [0.25, 0.3) is 11.0 Å². The summed E-state index contributed by atoms with van der Waals surface area (Å²) in [5.74, 6) is 1.02. The Balaban J connectivity index is 1.92. The maximum Gasteiger partial charge on any atom is 0.125 e. The zero-order chi connectivity index (χ0) is 13.1. The number of hydrogen-bond donors (Lipinski definition) is 0. The number of imidazole rings is 1. The number of nitrogens with zero attached hydrogens (tertiary/aromatic N) is 4. The van der Waals surface area contributed by atoms with Crippen LogP contribution >= 0.6 is 0 Å². The number of benzene rings is 1. The highest BCUT2D eigenvalue weighted by Gasteiger charge is 2.15. The van der Waals surface area contributed by atoms with Crippen molar-refractivity contribution >= 4 is 11.0 Å². The third-order valence-corrected chi connectivity index (χ3v) is 3.78. The molecule has 2 aromatic rings. The molecule has 0 atom stereocenters. The molecule has 2 heterocycles. The van der Waals surface area contributed by atoms with Gasteiger partial charge in [0, 0.05) is 0 Å². The Morgan fingerprint density at radius 2 is 1.95 bits per heavy atom. The van der Waals surface area contributed by atoms with Gasteiger partial charge in [0.2, 0.25) is 0 Å². The number of fused-ring (bicyclic) bond motifs is 1. The summed E-state index contributed by atoms with van der Waals surface area (Å²) in [4.78, 5) is 7.14. The smallest absolute Gasteiger partial charge is 0.125 e. The average molecular weight is 254 g/mol. The number of likely N-dealkylation sites (tertiary alicyclic amines) is 1. The molecule has 1 aromatic heterocycles. The van der Waals surface area contributed by atoms with Gasteiger partial charge in [0.05, 0.1) is 23.6 Å². The SMILES string of the molecule is N#CCn1c(CN2CCCCC2)nc2ccccc21. The van der Waals surface area contributed by atoms with E-state index in [1.165, 1.54) is 19.3 Å². The fraction of sp³-hybridized carbons (Fsp3) is 0.467. The number of rotatable bonds is 3. The molecule has 0 saturated carbocycles. The van der Waals surface area contributed by atoms with E-state index in [-0.39, 0.29) is 0 Å². The van der Waals surface area contributed by atoms with Crippen LogP contribution in [0.1, 0.15) is 25.1 Å². The molecule has 0 N–H and O–H groups in total. The summed E-state index contributed by atoms with van der Waals surface area (Å²) < 4.78 is 2.05. The molecule has 1 fully saturated rings. The van der Waals surface area contributed by atoms with Crippen molar-refractivity contribution < 1.29 is 0 Å². The first kappa shape index (κ1) is 12.2. The summed E-state index contributed by atoms with van der Waals surface area (Å²) >= 11 is 0. The van der Waals surface area contributed by atoms with E-state index in [1.807, 2.05) is 28.8 Å². The van der Waals surface area contributed by atoms with Crippen molar-refractivity contribution in [1.29, 1.82) is 5.26 Å². The molecule has 4 heteroatoms. The van der Waals surface area contributed by atoms with Gasteiger partial charge in [-0.1, -0.05) is 18.6 Å². The van der Waals surface area contributed by atoms with Crippen molar-refractivity contribution in [2.75, 3.05) is 13.1 Å². The molecule has 0 bridgehead atoms. The highest BCUT2D eigenvalue weighted by atomic mass is 15.2. The van der Waals surface area contributed by atoms with Crippen LogP contribution in [0.3, 0.4) is 0 Å². The lowest BCUT2D eigenvalue weighted by molar-refractivity contribution is 0.214. The highest BCUT2D eigenvalue weighted by molar-refractivity contribution is 5.75. The average Bonchev–Trinajstić information content (AvgIpc) is 2.79. The molecule has 1 aromatic carbocycles. The van der Waals surface area contributed by atoms with E-state index < -0.39 is 0 Å². The molecule has 0 unspecified atom stereocenters. The third kappa shape index (κ3) is 2.47. The standard InChI is InChI=1S/C15H18N4/c16-8-11-19-14-7-3-2-6-13(14)17-15(19)12-18-9-4-1-5-10-18/h2-3,6-7H,1,4-5,9-12H2. The lowest BCUT2D eigenvalue weighted by Crippen LogP contribution is -2.30. The summed E-state index contributed by atoms with van der Waals surface area (Å²) in [5.41, 5.74) is 2.06. The van der Waals surface area contributed by atoms with Crippen molar-refractivity contribution in [2.24, 2.45) is 0 Å². The van der Waals surface area contributed by atoms with Gasteiger partial charge in [-0.25, -0.2) is 4.98 Å². The van der Waals surface area contributed by atoms with E-state index in [0.29, 0.717) is 6.54 Å². The van der Waals surface area contributed by atoms with Crippen LogP contribution < -0.4 is 0 Å². The molecule has 1 aliphatic heterocycles. The second-order valence-corrected chi connectivity index (χ2v) is 5.10. The van der Waals surface area contributed by atoms with Crippen LogP contribution in [0, 0.1) is 11.3 Å². The molecule has 1 saturated heterocycles. The number of aromatic nitrogens is 2. The topological polar surface area (TPSA) is 44.9 Å². The molecule has 98 valence electrons. The van der Waals surface area contributed by atoms with Gasteiger partial charge in [0.1, 0.15) is 12.4 Å². The Labute approximate surface area is 113 Å². The summed E-state index contributed by atoms with van der Waals surface area (Å²) in [6.45, 7) is 3.53. The summed E-state index contributed by atoms with van der Waals surface area (Å²) in [6.07, 6.45) is 3.89. The quantitative estimate of drug-likeness (QED) is 0.845. The van der Waals surface area contributed by atoms with Crippen molar-refractivity contribution in [1.82, 2.24) is 14.5 Å². The molecular formula is C15H18N4. The fourth-order valence-corrected chi connectivity index (χ4v) is 2.81. The van der Waals surface area contributed by atoms with Crippen LogP contribution in [-0.2, 0) is 13.1 Å². The van der Waals surface area contributed by atoms with Crippen molar-refractivity contribution in [3.63, 3.8) is 0 Å². The van der Waals surface area contributed by atoms with Crippen LogP contribution in [-0.4, -0.2) is 27.5 Å². The van der Waals surface area contributed by atoms with Crippen LogP contribution in [0.2, 0.25) is 0 Å². The first-order valence-electron chi connectivity index (χ1n) is 6.92. The molecule has 3 rings (SSSR count). The van der Waals surface area contributed by atoms with Crippen LogP contribution in [0.4, 0.5) is 0 Å². The Morgan fingerprint density at radius 3 is 2.74 bits per heavy atom. The zero-order valence-electron chi connectivity index (χ0n) is 11.0. The normalized spacial score (nSPS) is 16.6. The van der Waals surface area contributed by atoms with Gasteiger partial charge < -0.3 is 4.57 Å². The third-order valence-electron chi connectivity index (χ3n) is 3.78. The highest BCUT2D eigenvalue weighted by Crippen LogP contribution is 2.18. The summed E-state index contributed by atoms with van der Waals surface area (Å²) in [5, 5.41) is 9.02. The summed E-state index contributed by atoms with van der Waals surface area (Å²) in [7, 11) is 0. The predicted octanol–water partition coefficient (Wildman–Crippen LogP) is 2.55. The van der Waals surface area contributed by atoms with E-state index in [1.54, 1.807) is 0 Å². The monoisotopic (exact) mass is 254 g/mol. The summed E-state index contributed by atoms with van der Waals surface area (Å²) in [6, 6.07) is 10.3. The number of hydrogen-bond acceptors (Lipinski definition) is 3. The van der Waals surface area contributed by atoms with Gasteiger partial charge in [-0.15, -0.1) is 0 Å². The van der Waals surface area contributed by atoms with Crippen molar-refractivity contribution in [2.45, 2.75) is 32.4 Å². The van der Waals surface area contributed by atoms with Gasteiger partial charge in [0.25, 0.3) is 0 Å². The lowest BCUT2D eigenvalue weighted by atomic mass is 10.1. The molecule has 4 nitrogen and oxygen atoms in total. The van der Waals surface area contributed by atoms with Crippen LogP contribution in [0.15, 0.2) is 24.3 Å². The Bertz CT molecular complexity index is 602. The minimum Gasteiger partial charge on any atom is -0.313 e. The van der Waals surface area contributed by atoms with E-state index in [4.69, 9.17) is 10.2 Å². The molecule has 19 heavy (non-hydrogen) atoms. The molecule has 0 amide bonds. The number of para-hydroxylation sites is 2. The van der Waals surface area contributed by atoms with Gasteiger partial charge >= 0.3 is 0 Å². The van der Waals surface area contributed by atoms with E-state index in [9.17, 15) is 0 Å². The first-order valence-corrected chi connectivity index (χ1v) is 6.92. The second-order valence-electron chi connectivity index (χ2n) is 5.10. The van der Waals surface area contributed by atoms with Crippen molar-refractivity contribution in [3.05, 3.63) is 30.1 Å². The van der Waals surface area contributed by atoms with E-state index in [0.717, 1.165) is 36.5 Å².